The maximum Gasteiger partial charge on any atom is 0.355 e. The summed E-state index contributed by atoms with van der Waals surface area (Å²) in [6.07, 6.45) is 0.204. The standard InChI is InChI=1S/C12H18N4O4S/c1-3-13-9(17)4-5-14-12(20)15-7(2)10-16-8(6-21-10)11(18)19/h6-7H,3-5H2,1-2H3,(H,13,17)(H,18,19)(H2,14,15,20). The van der Waals surface area contributed by atoms with Gasteiger partial charge in [-0.3, -0.25) is 4.79 Å². The summed E-state index contributed by atoms with van der Waals surface area (Å²) in [5.74, 6) is -1.23. The van der Waals surface area contributed by atoms with E-state index >= 15 is 0 Å². The first-order valence-corrected chi connectivity index (χ1v) is 7.31. The molecule has 1 aromatic rings. The van der Waals surface area contributed by atoms with Gasteiger partial charge in [0.25, 0.3) is 0 Å². The van der Waals surface area contributed by atoms with Crippen molar-refractivity contribution in [2.75, 3.05) is 13.1 Å². The van der Waals surface area contributed by atoms with Gasteiger partial charge in [-0.25, -0.2) is 14.6 Å². The molecule has 0 fully saturated rings. The first-order valence-electron chi connectivity index (χ1n) is 6.43. The van der Waals surface area contributed by atoms with Crippen LogP contribution < -0.4 is 16.0 Å². The van der Waals surface area contributed by atoms with Crippen LogP contribution in [0.3, 0.4) is 0 Å². The third kappa shape index (κ3) is 5.78. The molecular weight excluding hydrogens is 296 g/mol. The molecule has 4 N–H and O–H groups in total. The third-order valence-corrected chi connectivity index (χ3v) is 3.50. The van der Waals surface area contributed by atoms with E-state index in [-0.39, 0.29) is 24.6 Å². The number of hydrogen-bond acceptors (Lipinski definition) is 5. The van der Waals surface area contributed by atoms with Crippen LogP contribution >= 0.6 is 11.3 Å². The van der Waals surface area contributed by atoms with E-state index in [2.05, 4.69) is 20.9 Å². The summed E-state index contributed by atoms with van der Waals surface area (Å²) in [6.45, 7) is 4.30. The van der Waals surface area contributed by atoms with Crippen molar-refractivity contribution in [1.29, 1.82) is 0 Å². The zero-order valence-electron chi connectivity index (χ0n) is 11.8. The monoisotopic (exact) mass is 314 g/mol. The molecule has 21 heavy (non-hydrogen) atoms. The predicted molar refractivity (Wildman–Crippen MR) is 77.3 cm³/mol. The Kier molecular flexibility index (Phi) is 6.60. The SMILES string of the molecule is CCNC(=O)CCNC(=O)NC(C)c1nc(C(=O)O)cs1. The number of carbonyl (C=O) groups is 3. The molecule has 1 unspecified atom stereocenters. The van der Waals surface area contributed by atoms with Gasteiger partial charge in [-0.05, 0) is 13.8 Å². The molecule has 0 bridgehead atoms. The van der Waals surface area contributed by atoms with Gasteiger partial charge in [0.1, 0.15) is 5.01 Å². The molecule has 0 aliphatic heterocycles. The molecule has 0 aromatic carbocycles. The average molecular weight is 314 g/mol. The van der Waals surface area contributed by atoms with Crippen LogP contribution in [0.15, 0.2) is 5.38 Å². The number of carboxylic acid groups (broad SMARTS) is 1. The number of aromatic carboxylic acids is 1. The van der Waals surface area contributed by atoms with Crippen LogP contribution in [0.4, 0.5) is 4.79 Å². The Morgan fingerprint density at radius 3 is 2.67 bits per heavy atom. The predicted octanol–water partition coefficient (Wildman–Crippen LogP) is 0.728. The summed E-state index contributed by atoms with van der Waals surface area (Å²) in [4.78, 5) is 37.4. The lowest BCUT2D eigenvalue weighted by atomic mass is 10.3. The van der Waals surface area contributed by atoms with Gasteiger partial charge in [0, 0.05) is 24.9 Å². The average Bonchev–Trinajstić information content (AvgIpc) is 2.88. The van der Waals surface area contributed by atoms with Crippen LogP contribution in [0.5, 0.6) is 0 Å². The van der Waals surface area contributed by atoms with Crippen molar-refractivity contribution in [3.63, 3.8) is 0 Å². The number of urea groups is 1. The number of rotatable bonds is 7. The fraction of sp³-hybridized carbons (Fsp3) is 0.500. The number of hydrogen-bond donors (Lipinski definition) is 4. The normalized spacial score (nSPS) is 11.5. The first kappa shape index (κ1) is 16.9. The summed E-state index contributed by atoms with van der Waals surface area (Å²) >= 11 is 1.16. The fourth-order valence-corrected chi connectivity index (χ4v) is 2.27. The van der Waals surface area contributed by atoms with E-state index in [1.54, 1.807) is 6.92 Å². The maximum absolute atomic E-state index is 11.6. The molecule has 0 aliphatic rings. The number of aromatic nitrogens is 1. The Morgan fingerprint density at radius 2 is 2.10 bits per heavy atom. The van der Waals surface area contributed by atoms with Crippen molar-refractivity contribution in [2.24, 2.45) is 0 Å². The highest BCUT2D eigenvalue weighted by Crippen LogP contribution is 2.17. The molecule has 9 heteroatoms. The van der Waals surface area contributed by atoms with Crippen LogP contribution in [0, 0.1) is 0 Å². The van der Waals surface area contributed by atoms with Crippen LogP contribution in [0.25, 0.3) is 0 Å². The summed E-state index contributed by atoms with van der Waals surface area (Å²) in [6, 6.07) is -0.841. The van der Waals surface area contributed by atoms with E-state index in [1.165, 1.54) is 5.38 Å². The Balaban J connectivity index is 2.36. The summed E-state index contributed by atoms with van der Waals surface area (Å²) in [5, 5.41) is 18.5. The molecule has 1 rings (SSSR count). The third-order valence-electron chi connectivity index (χ3n) is 2.47. The van der Waals surface area contributed by atoms with E-state index < -0.39 is 18.0 Å². The smallest absolute Gasteiger partial charge is 0.355 e. The van der Waals surface area contributed by atoms with E-state index in [1.807, 2.05) is 6.92 Å². The quantitative estimate of drug-likeness (QED) is 0.591. The van der Waals surface area contributed by atoms with E-state index in [0.717, 1.165) is 11.3 Å². The zero-order chi connectivity index (χ0) is 15.8. The van der Waals surface area contributed by atoms with E-state index in [4.69, 9.17) is 5.11 Å². The lowest BCUT2D eigenvalue weighted by molar-refractivity contribution is -0.120. The van der Waals surface area contributed by atoms with Gasteiger partial charge in [-0.2, -0.15) is 0 Å². The molecule has 0 saturated heterocycles. The molecule has 0 spiro atoms. The topological polar surface area (TPSA) is 120 Å². The number of amides is 3. The van der Waals surface area contributed by atoms with Crippen LogP contribution in [-0.4, -0.2) is 41.1 Å². The van der Waals surface area contributed by atoms with Crippen molar-refractivity contribution in [3.05, 3.63) is 16.1 Å². The Bertz CT molecular complexity index is 517. The van der Waals surface area contributed by atoms with Crippen molar-refractivity contribution < 1.29 is 19.5 Å². The summed E-state index contributed by atoms with van der Waals surface area (Å²) < 4.78 is 0. The Morgan fingerprint density at radius 1 is 1.38 bits per heavy atom. The molecular formula is C12H18N4O4S. The molecule has 3 amide bonds. The lowest BCUT2D eigenvalue weighted by Gasteiger charge is -2.12. The van der Waals surface area contributed by atoms with E-state index in [9.17, 15) is 14.4 Å². The highest BCUT2D eigenvalue weighted by Gasteiger charge is 2.15. The minimum atomic E-state index is -1.10. The van der Waals surface area contributed by atoms with Gasteiger partial charge in [0.15, 0.2) is 5.69 Å². The molecule has 0 aliphatic carbocycles. The van der Waals surface area contributed by atoms with Crippen molar-refractivity contribution >= 4 is 29.2 Å². The van der Waals surface area contributed by atoms with Gasteiger partial charge in [-0.1, -0.05) is 0 Å². The van der Waals surface area contributed by atoms with Gasteiger partial charge in [0.05, 0.1) is 6.04 Å². The van der Waals surface area contributed by atoms with E-state index in [0.29, 0.717) is 11.6 Å². The van der Waals surface area contributed by atoms with Crippen molar-refractivity contribution in [3.8, 4) is 0 Å². The van der Waals surface area contributed by atoms with Gasteiger partial charge in [0.2, 0.25) is 5.91 Å². The number of thiazole rings is 1. The van der Waals surface area contributed by atoms with Gasteiger partial charge in [-0.15, -0.1) is 11.3 Å². The molecule has 0 radical (unpaired) electrons. The second kappa shape index (κ2) is 8.20. The minimum absolute atomic E-state index is 0.0414. The summed E-state index contributed by atoms with van der Waals surface area (Å²) in [7, 11) is 0. The highest BCUT2D eigenvalue weighted by molar-refractivity contribution is 7.09. The highest BCUT2D eigenvalue weighted by atomic mass is 32.1. The van der Waals surface area contributed by atoms with Crippen molar-refractivity contribution in [1.82, 2.24) is 20.9 Å². The Labute approximate surface area is 126 Å². The first-order chi connectivity index (χ1) is 9.93. The summed E-state index contributed by atoms with van der Waals surface area (Å²) in [5.41, 5.74) is -0.0414. The van der Waals surface area contributed by atoms with Crippen molar-refractivity contribution in [2.45, 2.75) is 26.3 Å². The molecule has 1 atom stereocenters. The molecule has 8 nitrogen and oxygen atoms in total. The zero-order valence-corrected chi connectivity index (χ0v) is 12.6. The van der Waals surface area contributed by atoms with Gasteiger partial charge < -0.3 is 21.1 Å². The van der Waals surface area contributed by atoms with Crippen LogP contribution in [0.1, 0.15) is 41.8 Å². The Hall–Kier alpha value is -2.16. The second-order valence-electron chi connectivity index (χ2n) is 4.20. The fourth-order valence-electron chi connectivity index (χ4n) is 1.47. The largest absolute Gasteiger partial charge is 0.476 e. The molecule has 116 valence electrons. The number of carboxylic acids is 1. The van der Waals surface area contributed by atoms with Crippen LogP contribution in [0.2, 0.25) is 0 Å². The molecule has 1 aromatic heterocycles. The second-order valence-corrected chi connectivity index (χ2v) is 5.09. The molecule has 0 saturated carbocycles. The maximum atomic E-state index is 11.6. The van der Waals surface area contributed by atoms with Gasteiger partial charge >= 0.3 is 12.0 Å². The number of nitrogens with zero attached hydrogens (tertiary/aromatic N) is 1. The molecule has 1 heterocycles. The minimum Gasteiger partial charge on any atom is -0.476 e. The lowest BCUT2D eigenvalue weighted by Crippen LogP contribution is -2.39. The number of nitrogens with one attached hydrogen (secondary N) is 3. The van der Waals surface area contributed by atoms with Crippen LogP contribution in [-0.2, 0) is 4.79 Å². The number of carbonyl (C=O) groups excluding carboxylic acids is 2.